The van der Waals surface area contributed by atoms with Gasteiger partial charge in [0.2, 0.25) is 0 Å². The van der Waals surface area contributed by atoms with Crippen molar-refractivity contribution in [1.29, 1.82) is 0 Å². The van der Waals surface area contributed by atoms with Gasteiger partial charge in [-0.2, -0.15) is 0 Å². The van der Waals surface area contributed by atoms with Crippen molar-refractivity contribution in [1.82, 2.24) is 5.32 Å². The average Bonchev–Trinajstić information content (AvgIpc) is 2.56. The fourth-order valence-electron chi connectivity index (χ4n) is 1.97. The highest BCUT2D eigenvalue weighted by atomic mass is 127. The van der Waals surface area contributed by atoms with Crippen LogP contribution in [0, 0.1) is 10.5 Å². The molecule has 1 amide bonds. The summed E-state index contributed by atoms with van der Waals surface area (Å²) in [7, 11) is 0. The largest absolute Gasteiger partial charge is 0.489 e. The monoisotopic (exact) mass is 479 g/mol. The highest BCUT2D eigenvalue weighted by Crippen LogP contribution is 2.31. The van der Waals surface area contributed by atoms with Crippen molar-refractivity contribution in [2.75, 3.05) is 13.2 Å². The molecule has 2 aromatic carbocycles. The van der Waals surface area contributed by atoms with E-state index in [1.54, 1.807) is 24.3 Å². The topological polar surface area (TPSA) is 58.6 Å². The van der Waals surface area contributed by atoms with Crippen LogP contribution in [0.5, 0.6) is 5.75 Å². The molecule has 0 spiro atoms. The van der Waals surface area contributed by atoms with Crippen LogP contribution in [0.2, 0.25) is 10.0 Å². The van der Waals surface area contributed by atoms with Gasteiger partial charge in [0.15, 0.2) is 0 Å². The third-order valence-electron chi connectivity index (χ3n) is 3.28. The van der Waals surface area contributed by atoms with Crippen molar-refractivity contribution in [2.24, 2.45) is 0 Å². The Morgan fingerprint density at radius 3 is 2.75 bits per heavy atom. The highest BCUT2D eigenvalue weighted by Gasteiger charge is 2.14. The van der Waals surface area contributed by atoms with Crippen LogP contribution in [0.4, 0.5) is 0 Å². The molecule has 0 saturated heterocycles. The SMILES string of the molecule is Cc1cccc(C(=O)NCC(O)COc2cccc(Cl)c2Cl)c1I. The summed E-state index contributed by atoms with van der Waals surface area (Å²) in [5.74, 6) is 0.158. The molecule has 0 radical (unpaired) electrons. The van der Waals surface area contributed by atoms with Crippen LogP contribution >= 0.6 is 45.8 Å². The Morgan fingerprint density at radius 2 is 2.00 bits per heavy atom. The highest BCUT2D eigenvalue weighted by molar-refractivity contribution is 14.1. The second-order valence-corrected chi connectivity index (χ2v) is 7.03. The molecular weight excluding hydrogens is 464 g/mol. The minimum absolute atomic E-state index is 0.00868. The Hall–Kier alpha value is -1.02. The van der Waals surface area contributed by atoms with E-state index < -0.39 is 6.10 Å². The Balaban J connectivity index is 1.87. The molecule has 0 aromatic heterocycles. The number of hydrogen-bond acceptors (Lipinski definition) is 3. The summed E-state index contributed by atoms with van der Waals surface area (Å²) in [5.41, 5.74) is 1.62. The lowest BCUT2D eigenvalue weighted by atomic mass is 10.1. The number of aliphatic hydroxyl groups is 1. The van der Waals surface area contributed by atoms with Crippen molar-refractivity contribution < 1.29 is 14.6 Å². The summed E-state index contributed by atoms with van der Waals surface area (Å²) in [5, 5.41) is 13.3. The van der Waals surface area contributed by atoms with Crippen LogP contribution in [-0.4, -0.2) is 30.3 Å². The Labute approximate surface area is 164 Å². The van der Waals surface area contributed by atoms with Gasteiger partial charge in [-0.25, -0.2) is 0 Å². The molecule has 0 aliphatic carbocycles. The predicted molar refractivity (Wildman–Crippen MR) is 104 cm³/mol. The summed E-state index contributed by atoms with van der Waals surface area (Å²) < 4.78 is 6.33. The van der Waals surface area contributed by atoms with Crippen LogP contribution in [0.15, 0.2) is 36.4 Å². The maximum Gasteiger partial charge on any atom is 0.252 e. The maximum absolute atomic E-state index is 12.2. The van der Waals surface area contributed by atoms with Gasteiger partial charge in [0.1, 0.15) is 23.5 Å². The van der Waals surface area contributed by atoms with E-state index >= 15 is 0 Å². The molecule has 0 heterocycles. The van der Waals surface area contributed by atoms with Gasteiger partial charge < -0.3 is 15.2 Å². The number of benzene rings is 2. The summed E-state index contributed by atoms with van der Waals surface area (Å²) in [6.45, 7) is 2.00. The summed E-state index contributed by atoms with van der Waals surface area (Å²) >= 11 is 14.0. The van der Waals surface area contributed by atoms with Crippen molar-refractivity contribution >= 4 is 51.7 Å². The first-order valence-corrected chi connectivity index (χ1v) is 9.01. The van der Waals surface area contributed by atoms with Crippen LogP contribution in [0.1, 0.15) is 15.9 Å². The molecule has 128 valence electrons. The molecule has 2 N–H and O–H groups in total. The van der Waals surface area contributed by atoms with Gasteiger partial charge in [-0.15, -0.1) is 0 Å². The molecule has 7 heteroatoms. The molecule has 0 fully saturated rings. The van der Waals surface area contributed by atoms with Crippen LogP contribution in [0.3, 0.4) is 0 Å². The molecule has 4 nitrogen and oxygen atoms in total. The van der Waals surface area contributed by atoms with E-state index in [4.69, 9.17) is 27.9 Å². The second-order valence-electron chi connectivity index (χ2n) is 5.16. The Morgan fingerprint density at radius 1 is 1.29 bits per heavy atom. The number of aliphatic hydroxyl groups excluding tert-OH is 1. The molecular formula is C17H16Cl2INO3. The molecule has 1 atom stereocenters. The van der Waals surface area contributed by atoms with Crippen molar-refractivity contribution in [3.05, 3.63) is 61.1 Å². The predicted octanol–water partition coefficient (Wildman–Crippen LogP) is 4.08. The maximum atomic E-state index is 12.2. The zero-order valence-corrected chi connectivity index (χ0v) is 16.5. The number of carbonyl (C=O) groups is 1. The number of rotatable bonds is 6. The minimum atomic E-state index is -0.869. The average molecular weight is 480 g/mol. The quantitative estimate of drug-likeness (QED) is 0.614. The molecule has 0 aliphatic heterocycles. The van der Waals surface area contributed by atoms with Gasteiger partial charge in [-0.1, -0.05) is 41.4 Å². The number of ether oxygens (including phenoxy) is 1. The fourth-order valence-corrected chi connectivity index (χ4v) is 2.92. The van der Waals surface area contributed by atoms with E-state index in [1.807, 2.05) is 19.1 Å². The Kier molecular flexibility index (Phi) is 7.16. The summed E-state index contributed by atoms with van der Waals surface area (Å²) in [4.78, 5) is 12.2. The lowest BCUT2D eigenvalue weighted by Crippen LogP contribution is -2.35. The smallest absolute Gasteiger partial charge is 0.252 e. The van der Waals surface area contributed by atoms with Gasteiger partial charge in [0, 0.05) is 10.1 Å². The number of nitrogens with one attached hydrogen (secondary N) is 1. The van der Waals surface area contributed by atoms with Gasteiger partial charge in [-0.05, 0) is 53.3 Å². The lowest BCUT2D eigenvalue weighted by molar-refractivity contribution is 0.0843. The molecule has 0 aliphatic rings. The van der Waals surface area contributed by atoms with E-state index in [1.165, 1.54) is 0 Å². The van der Waals surface area contributed by atoms with Gasteiger partial charge in [0.25, 0.3) is 5.91 Å². The molecule has 2 rings (SSSR count). The van der Waals surface area contributed by atoms with Crippen molar-refractivity contribution in [2.45, 2.75) is 13.0 Å². The Bertz CT molecular complexity index is 740. The van der Waals surface area contributed by atoms with Crippen LogP contribution < -0.4 is 10.1 Å². The first-order chi connectivity index (χ1) is 11.4. The van der Waals surface area contributed by atoms with E-state index in [2.05, 4.69) is 27.9 Å². The van der Waals surface area contributed by atoms with E-state index in [0.717, 1.165) is 9.13 Å². The molecule has 0 bridgehead atoms. The standard InChI is InChI=1S/C17H16Cl2INO3/c1-10-4-2-5-12(16(10)20)17(23)21-8-11(22)9-24-14-7-3-6-13(18)15(14)19/h2-7,11,22H,8-9H2,1H3,(H,21,23). The number of aryl methyl sites for hydroxylation is 1. The summed E-state index contributed by atoms with van der Waals surface area (Å²) in [6, 6.07) is 10.5. The number of carbonyl (C=O) groups excluding carboxylic acids is 1. The number of hydrogen-bond donors (Lipinski definition) is 2. The second kappa shape index (κ2) is 8.89. The zero-order chi connectivity index (χ0) is 17.7. The first kappa shape index (κ1) is 19.3. The third-order valence-corrected chi connectivity index (χ3v) is 5.52. The number of amides is 1. The fraction of sp³-hybridized carbons (Fsp3) is 0.235. The molecule has 2 aromatic rings. The first-order valence-electron chi connectivity index (χ1n) is 7.18. The minimum Gasteiger partial charge on any atom is -0.489 e. The molecule has 0 saturated carbocycles. The van der Waals surface area contributed by atoms with Crippen molar-refractivity contribution in [3.8, 4) is 5.75 Å². The molecule has 1 unspecified atom stereocenters. The van der Waals surface area contributed by atoms with Crippen LogP contribution in [0.25, 0.3) is 0 Å². The zero-order valence-electron chi connectivity index (χ0n) is 12.9. The third kappa shape index (κ3) is 4.99. The van der Waals surface area contributed by atoms with E-state index in [-0.39, 0.29) is 19.1 Å². The normalized spacial score (nSPS) is 11.9. The van der Waals surface area contributed by atoms with Gasteiger partial charge in [0.05, 0.1) is 10.6 Å². The summed E-state index contributed by atoms with van der Waals surface area (Å²) in [6.07, 6.45) is -0.869. The van der Waals surface area contributed by atoms with E-state index in [0.29, 0.717) is 21.4 Å². The van der Waals surface area contributed by atoms with Crippen LogP contribution in [-0.2, 0) is 0 Å². The van der Waals surface area contributed by atoms with Gasteiger partial charge in [-0.3, -0.25) is 4.79 Å². The van der Waals surface area contributed by atoms with E-state index in [9.17, 15) is 9.90 Å². The van der Waals surface area contributed by atoms with Crippen molar-refractivity contribution in [3.63, 3.8) is 0 Å². The molecule has 24 heavy (non-hydrogen) atoms. The number of halogens is 3. The van der Waals surface area contributed by atoms with Gasteiger partial charge >= 0.3 is 0 Å². The lowest BCUT2D eigenvalue weighted by Gasteiger charge is -2.15.